The number of rotatable bonds is 14. The van der Waals surface area contributed by atoms with Gasteiger partial charge < -0.3 is 9.47 Å². The maximum absolute atomic E-state index is 13.5. The lowest BCUT2D eigenvalue weighted by Gasteiger charge is -2.28. The molecule has 0 fully saturated rings. The molecule has 0 aliphatic heterocycles. The van der Waals surface area contributed by atoms with Gasteiger partial charge in [0.25, 0.3) is 0 Å². The molecule has 0 aromatic heterocycles. The van der Waals surface area contributed by atoms with Crippen molar-refractivity contribution in [2.45, 2.75) is 70.6 Å². The minimum absolute atomic E-state index is 0.0118. The molecule has 1 aromatic rings. The lowest BCUT2D eigenvalue weighted by atomic mass is 9.87. The summed E-state index contributed by atoms with van der Waals surface area (Å²) in [5.74, 6) is -1.35. The van der Waals surface area contributed by atoms with Crippen LogP contribution in [0.25, 0.3) is 0 Å². The molecular weight excluding hydrogens is 353 g/mol. The minimum Gasteiger partial charge on any atom is -0.384 e. The van der Waals surface area contributed by atoms with Crippen LogP contribution in [-0.4, -0.2) is 33.1 Å². The quantitative estimate of drug-likeness (QED) is 0.342. The zero-order valence-electron chi connectivity index (χ0n) is 16.9. The topological polar surface area (TPSA) is 18.5 Å². The van der Waals surface area contributed by atoms with Gasteiger partial charge in [-0.05, 0) is 31.2 Å². The summed E-state index contributed by atoms with van der Waals surface area (Å²) in [6.07, 6.45) is 1.72. The number of unbranched alkanes of at least 4 members (excludes halogenated alkanes) is 3. The summed E-state index contributed by atoms with van der Waals surface area (Å²) in [6, 6.07) is 8.91. The molecule has 5 heteroatoms. The molecule has 0 saturated heterocycles. The second-order valence-corrected chi connectivity index (χ2v) is 7.34. The highest BCUT2D eigenvalue weighted by Gasteiger charge is 2.39. The molecular formula is C22H35F3O2. The number of ether oxygens (including phenoxy) is 2. The van der Waals surface area contributed by atoms with Crippen LogP contribution in [0.1, 0.15) is 57.4 Å². The molecule has 3 atom stereocenters. The number of hydrogen-bond acceptors (Lipinski definition) is 2. The van der Waals surface area contributed by atoms with Crippen molar-refractivity contribution in [2.75, 3.05) is 20.8 Å². The van der Waals surface area contributed by atoms with E-state index in [1.165, 1.54) is 6.42 Å². The summed E-state index contributed by atoms with van der Waals surface area (Å²) < 4.78 is 51.6. The first-order valence-corrected chi connectivity index (χ1v) is 10.0. The van der Waals surface area contributed by atoms with E-state index in [1.807, 2.05) is 6.07 Å². The summed E-state index contributed by atoms with van der Waals surface area (Å²) in [5.41, 5.74) is 0.728. The van der Waals surface area contributed by atoms with Gasteiger partial charge in [-0.25, -0.2) is 0 Å². The SMILES string of the molecule is CCCCCCC(OC)C(CCC(Cc1ccccc1)C(F)(F)F)COC. The van der Waals surface area contributed by atoms with Gasteiger partial charge in [-0.2, -0.15) is 13.2 Å². The standard InChI is InChI=1S/C22H35F3O2/c1-4-5-6-10-13-21(27-3)19(17-26-2)14-15-20(22(23,24)25)16-18-11-8-7-9-12-18/h7-9,11-12,19-21H,4-6,10,13-17H2,1-3H3. The Labute approximate surface area is 162 Å². The van der Waals surface area contributed by atoms with E-state index >= 15 is 0 Å². The zero-order valence-corrected chi connectivity index (χ0v) is 16.9. The Bertz CT molecular complexity index is 476. The summed E-state index contributed by atoms with van der Waals surface area (Å²) in [7, 11) is 3.25. The predicted molar refractivity (Wildman–Crippen MR) is 104 cm³/mol. The third-order valence-electron chi connectivity index (χ3n) is 5.23. The molecule has 0 aliphatic rings. The van der Waals surface area contributed by atoms with Gasteiger partial charge >= 0.3 is 6.18 Å². The Hall–Kier alpha value is -1.07. The van der Waals surface area contributed by atoms with E-state index in [4.69, 9.17) is 9.47 Å². The van der Waals surface area contributed by atoms with Crippen LogP contribution in [0.4, 0.5) is 13.2 Å². The first-order chi connectivity index (χ1) is 12.9. The lowest BCUT2D eigenvalue weighted by Crippen LogP contribution is -2.30. The second kappa shape index (κ2) is 13.2. The smallest absolute Gasteiger partial charge is 0.384 e. The van der Waals surface area contributed by atoms with Crippen LogP contribution in [0, 0.1) is 11.8 Å². The van der Waals surface area contributed by atoms with Gasteiger partial charge in [0.05, 0.1) is 18.6 Å². The Morgan fingerprint density at radius 1 is 0.926 bits per heavy atom. The molecule has 2 nitrogen and oxygen atoms in total. The van der Waals surface area contributed by atoms with E-state index in [1.54, 1.807) is 38.5 Å². The molecule has 0 amide bonds. The Kier molecular flexibility index (Phi) is 11.7. The second-order valence-electron chi connectivity index (χ2n) is 7.34. The number of benzene rings is 1. The van der Waals surface area contributed by atoms with E-state index in [2.05, 4.69) is 6.92 Å². The van der Waals surface area contributed by atoms with Gasteiger partial charge in [0.15, 0.2) is 0 Å². The lowest BCUT2D eigenvalue weighted by molar-refractivity contribution is -0.177. The van der Waals surface area contributed by atoms with Crippen LogP contribution in [0.3, 0.4) is 0 Å². The molecule has 0 saturated carbocycles. The normalized spacial score (nSPS) is 15.5. The van der Waals surface area contributed by atoms with E-state index in [9.17, 15) is 13.2 Å². The fourth-order valence-electron chi connectivity index (χ4n) is 3.60. The molecule has 156 valence electrons. The van der Waals surface area contributed by atoms with Crippen LogP contribution >= 0.6 is 0 Å². The summed E-state index contributed by atoms with van der Waals surface area (Å²) >= 11 is 0. The predicted octanol–water partition coefficient (Wildman–Crippen LogP) is 6.44. The fraction of sp³-hybridized carbons (Fsp3) is 0.727. The molecule has 0 aliphatic carbocycles. The van der Waals surface area contributed by atoms with Crippen molar-refractivity contribution in [3.05, 3.63) is 35.9 Å². The molecule has 1 rings (SSSR count). The maximum Gasteiger partial charge on any atom is 0.392 e. The van der Waals surface area contributed by atoms with Gasteiger partial charge in [0.1, 0.15) is 0 Å². The Morgan fingerprint density at radius 2 is 1.63 bits per heavy atom. The van der Waals surface area contributed by atoms with E-state index < -0.39 is 12.1 Å². The first kappa shape index (κ1) is 24.0. The van der Waals surface area contributed by atoms with Crippen molar-refractivity contribution in [3.8, 4) is 0 Å². The van der Waals surface area contributed by atoms with Crippen molar-refractivity contribution >= 4 is 0 Å². The molecule has 0 radical (unpaired) electrons. The molecule has 0 spiro atoms. The van der Waals surface area contributed by atoms with Gasteiger partial charge in [0.2, 0.25) is 0 Å². The molecule has 0 heterocycles. The van der Waals surface area contributed by atoms with E-state index in [0.717, 1.165) is 31.2 Å². The molecule has 3 unspecified atom stereocenters. The maximum atomic E-state index is 13.5. The van der Waals surface area contributed by atoms with E-state index in [0.29, 0.717) is 13.0 Å². The highest BCUT2D eigenvalue weighted by molar-refractivity contribution is 5.15. The summed E-state index contributed by atoms with van der Waals surface area (Å²) in [4.78, 5) is 0. The monoisotopic (exact) mass is 388 g/mol. The van der Waals surface area contributed by atoms with Gasteiger partial charge in [-0.15, -0.1) is 0 Å². The summed E-state index contributed by atoms with van der Waals surface area (Å²) in [5, 5.41) is 0. The average molecular weight is 389 g/mol. The number of halogens is 3. The van der Waals surface area contributed by atoms with Crippen molar-refractivity contribution in [3.63, 3.8) is 0 Å². The highest BCUT2D eigenvalue weighted by atomic mass is 19.4. The van der Waals surface area contributed by atoms with Gasteiger partial charge in [0, 0.05) is 20.1 Å². The van der Waals surface area contributed by atoms with Crippen LogP contribution in [0.2, 0.25) is 0 Å². The molecule has 1 aromatic carbocycles. The molecule has 0 N–H and O–H groups in total. The Balaban J connectivity index is 2.68. The van der Waals surface area contributed by atoms with Gasteiger partial charge in [-0.1, -0.05) is 62.9 Å². The minimum atomic E-state index is -4.20. The van der Waals surface area contributed by atoms with Crippen LogP contribution in [-0.2, 0) is 15.9 Å². The van der Waals surface area contributed by atoms with Crippen LogP contribution in [0.15, 0.2) is 30.3 Å². The third-order valence-corrected chi connectivity index (χ3v) is 5.23. The van der Waals surface area contributed by atoms with Crippen LogP contribution < -0.4 is 0 Å². The molecule has 27 heavy (non-hydrogen) atoms. The van der Waals surface area contributed by atoms with Gasteiger partial charge in [-0.3, -0.25) is 0 Å². The average Bonchev–Trinajstić information content (AvgIpc) is 2.64. The number of hydrogen-bond donors (Lipinski definition) is 0. The number of methoxy groups -OCH3 is 2. The fourth-order valence-corrected chi connectivity index (χ4v) is 3.60. The van der Waals surface area contributed by atoms with Crippen molar-refractivity contribution in [1.29, 1.82) is 0 Å². The highest BCUT2D eigenvalue weighted by Crippen LogP contribution is 2.34. The zero-order chi connectivity index (χ0) is 20.1. The largest absolute Gasteiger partial charge is 0.392 e. The Morgan fingerprint density at radius 3 is 2.19 bits per heavy atom. The number of alkyl halides is 3. The molecule has 0 bridgehead atoms. The van der Waals surface area contributed by atoms with Crippen molar-refractivity contribution in [2.24, 2.45) is 11.8 Å². The van der Waals surface area contributed by atoms with E-state index in [-0.39, 0.29) is 24.9 Å². The van der Waals surface area contributed by atoms with Crippen molar-refractivity contribution < 1.29 is 22.6 Å². The summed E-state index contributed by atoms with van der Waals surface area (Å²) in [6.45, 7) is 2.59. The third kappa shape index (κ3) is 9.61. The first-order valence-electron chi connectivity index (χ1n) is 10.0. The van der Waals surface area contributed by atoms with Crippen LogP contribution in [0.5, 0.6) is 0 Å². The van der Waals surface area contributed by atoms with Crippen molar-refractivity contribution in [1.82, 2.24) is 0 Å².